The molecule has 3 aromatic rings. The van der Waals surface area contributed by atoms with Gasteiger partial charge in [0, 0.05) is 13.1 Å². The van der Waals surface area contributed by atoms with Crippen molar-refractivity contribution in [3.8, 4) is 5.69 Å². The zero-order chi connectivity index (χ0) is 23.2. The lowest BCUT2D eigenvalue weighted by Crippen LogP contribution is -2.41. The molecular formula is C27H35N5O. The number of para-hydroxylation sites is 1. The van der Waals surface area contributed by atoms with Crippen molar-refractivity contribution in [2.24, 2.45) is 5.92 Å². The summed E-state index contributed by atoms with van der Waals surface area (Å²) < 4.78 is 1.89. The lowest BCUT2D eigenvalue weighted by molar-refractivity contribution is -0.117. The number of nitrogens with one attached hydrogen (secondary N) is 1. The first kappa shape index (κ1) is 23.2. The molecule has 33 heavy (non-hydrogen) atoms. The maximum absolute atomic E-state index is 12.8. The molecule has 1 fully saturated rings. The average Bonchev–Trinajstić information content (AvgIpc) is 3.10. The van der Waals surface area contributed by atoms with Crippen LogP contribution < -0.4 is 5.32 Å². The number of rotatable bonds is 8. The molecule has 6 heteroatoms. The molecule has 0 saturated carbocycles. The molecule has 0 radical (unpaired) electrons. The number of piperidine rings is 1. The van der Waals surface area contributed by atoms with Crippen LogP contribution >= 0.6 is 0 Å². The maximum Gasteiger partial charge on any atom is 0.238 e. The van der Waals surface area contributed by atoms with Crippen molar-refractivity contribution >= 4 is 11.6 Å². The largest absolute Gasteiger partial charge is 0.322 e. The lowest BCUT2D eigenvalue weighted by atomic mass is 9.96. The molecule has 0 bridgehead atoms. The fraction of sp³-hybridized carbons (Fsp3) is 0.407. The van der Waals surface area contributed by atoms with Crippen molar-refractivity contribution in [2.75, 3.05) is 38.5 Å². The van der Waals surface area contributed by atoms with Gasteiger partial charge in [0.2, 0.25) is 5.91 Å². The Morgan fingerprint density at radius 3 is 2.33 bits per heavy atom. The monoisotopic (exact) mass is 445 g/mol. The number of carbonyl (C=O) groups excluding carboxylic acids is 1. The Labute approximate surface area is 197 Å². The van der Waals surface area contributed by atoms with Crippen LogP contribution in [0.3, 0.4) is 0 Å². The summed E-state index contributed by atoms with van der Waals surface area (Å²) in [6, 6.07) is 20.6. The predicted octanol–water partition coefficient (Wildman–Crippen LogP) is 4.27. The zero-order valence-corrected chi connectivity index (χ0v) is 20.0. The van der Waals surface area contributed by atoms with Gasteiger partial charge in [-0.15, -0.1) is 0 Å². The lowest BCUT2D eigenvalue weighted by Gasteiger charge is -2.33. The number of aromatic nitrogens is 2. The topological polar surface area (TPSA) is 53.4 Å². The highest BCUT2D eigenvalue weighted by molar-refractivity contribution is 5.93. The van der Waals surface area contributed by atoms with Crippen LogP contribution in [-0.2, 0) is 11.3 Å². The quantitative estimate of drug-likeness (QED) is 0.563. The van der Waals surface area contributed by atoms with Gasteiger partial charge in [0.1, 0.15) is 0 Å². The fourth-order valence-corrected chi connectivity index (χ4v) is 4.75. The van der Waals surface area contributed by atoms with Gasteiger partial charge < -0.3 is 10.2 Å². The van der Waals surface area contributed by atoms with Gasteiger partial charge in [-0.05, 0) is 70.4 Å². The van der Waals surface area contributed by atoms with Gasteiger partial charge in [0.05, 0.1) is 29.3 Å². The number of carbonyl (C=O) groups is 1. The van der Waals surface area contributed by atoms with Gasteiger partial charge in [0.25, 0.3) is 0 Å². The number of hydrogen-bond donors (Lipinski definition) is 1. The van der Waals surface area contributed by atoms with Crippen molar-refractivity contribution in [1.82, 2.24) is 19.6 Å². The van der Waals surface area contributed by atoms with E-state index in [-0.39, 0.29) is 5.91 Å². The van der Waals surface area contributed by atoms with Gasteiger partial charge in [-0.1, -0.05) is 48.5 Å². The van der Waals surface area contributed by atoms with E-state index in [2.05, 4.69) is 57.6 Å². The first-order valence-electron chi connectivity index (χ1n) is 11.9. The molecule has 1 aromatic heterocycles. The Bertz CT molecular complexity index is 1040. The van der Waals surface area contributed by atoms with Gasteiger partial charge in [-0.2, -0.15) is 5.10 Å². The van der Waals surface area contributed by atoms with E-state index < -0.39 is 0 Å². The average molecular weight is 446 g/mol. The summed E-state index contributed by atoms with van der Waals surface area (Å²) >= 11 is 0. The molecule has 1 aliphatic heterocycles. The first-order chi connectivity index (χ1) is 16.0. The summed E-state index contributed by atoms with van der Waals surface area (Å²) in [5, 5.41) is 7.75. The number of aryl methyl sites for hydroxylation is 1. The summed E-state index contributed by atoms with van der Waals surface area (Å²) in [5.41, 5.74) is 4.96. The highest BCUT2D eigenvalue weighted by Gasteiger charge is 2.23. The molecule has 0 aliphatic carbocycles. The normalized spacial score (nSPS) is 15.2. The van der Waals surface area contributed by atoms with Crippen LogP contribution in [0.4, 0.5) is 5.69 Å². The molecule has 6 nitrogen and oxygen atoms in total. The molecule has 2 heterocycles. The second-order valence-corrected chi connectivity index (χ2v) is 9.24. The van der Waals surface area contributed by atoms with Crippen LogP contribution in [-0.4, -0.2) is 58.7 Å². The SMILES string of the molecule is Cc1nn(-c2ccccc2)c(C)c1NC(=O)CN1CCC(CN(C)Cc2ccccc2)CC1. The van der Waals surface area contributed by atoms with E-state index in [9.17, 15) is 4.79 Å². The van der Waals surface area contributed by atoms with Crippen LogP contribution in [0.5, 0.6) is 0 Å². The summed E-state index contributed by atoms with van der Waals surface area (Å²) in [6.45, 7) is 8.41. The molecule has 0 atom stereocenters. The molecule has 1 amide bonds. The molecule has 0 spiro atoms. The Balaban J connectivity index is 1.25. The van der Waals surface area contributed by atoms with E-state index in [1.807, 2.05) is 48.9 Å². The maximum atomic E-state index is 12.8. The molecule has 0 unspecified atom stereocenters. The van der Waals surface area contributed by atoms with Gasteiger partial charge in [0.15, 0.2) is 0 Å². The van der Waals surface area contributed by atoms with Crippen molar-refractivity contribution in [2.45, 2.75) is 33.2 Å². The standard InChI is InChI=1S/C27H35N5O/c1-21-27(22(2)32(29-21)25-12-8-5-9-13-25)28-26(33)20-31-16-14-24(15-17-31)19-30(3)18-23-10-6-4-7-11-23/h4-13,24H,14-20H2,1-3H3,(H,28,33). The Kier molecular flexibility index (Phi) is 7.57. The third kappa shape index (κ3) is 6.09. The molecule has 1 N–H and O–H groups in total. The summed E-state index contributed by atoms with van der Waals surface area (Å²) in [4.78, 5) is 17.5. The number of nitrogens with zero attached hydrogens (tertiary/aromatic N) is 4. The minimum Gasteiger partial charge on any atom is -0.322 e. The van der Waals surface area contributed by atoms with Crippen LogP contribution in [0, 0.1) is 19.8 Å². The second-order valence-electron chi connectivity index (χ2n) is 9.24. The number of likely N-dealkylation sites (tertiary alicyclic amines) is 1. The third-order valence-corrected chi connectivity index (χ3v) is 6.50. The van der Waals surface area contributed by atoms with Gasteiger partial charge in [-0.25, -0.2) is 4.68 Å². The fourth-order valence-electron chi connectivity index (χ4n) is 4.75. The van der Waals surface area contributed by atoms with E-state index in [1.165, 1.54) is 5.56 Å². The highest BCUT2D eigenvalue weighted by Crippen LogP contribution is 2.23. The van der Waals surface area contributed by atoms with E-state index in [1.54, 1.807) is 0 Å². The summed E-state index contributed by atoms with van der Waals surface area (Å²) in [5.74, 6) is 0.722. The first-order valence-corrected chi connectivity index (χ1v) is 11.9. The predicted molar refractivity (Wildman–Crippen MR) is 134 cm³/mol. The molecular weight excluding hydrogens is 410 g/mol. The van der Waals surface area contributed by atoms with Crippen molar-refractivity contribution in [3.05, 3.63) is 77.6 Å². The highest BCUT2D eigenvalue weighted by atomic mass is 16.2. The number of hydrogen-bond acceptors (Lipinski definition) is 4. The van der Waals surface area contributed by atoms with Gasteiger partial charge in [-0.3, -0.25) is 9.69 Å². The van der Waals surface area contributed by atoms with Crippen molar-refractivity contribution in [3.63, 3.8) is 0 Å². The number of amides is 1. The Hall–Kier alpha value is -2.96. The Morgan fingerprint density at radius 1 is 1.03 bits per heavy atom. The zero-order valence-electron chi connectivity index (χ0n) is 20.0. The van der Waals surface area contributed by atoms with E-state index >= 15 is 0 Å². The Morgan fingerprint density at radius 2 is 1.67 bits per heavy atom. The number of benzene rings is 2. The van der Waals surface area contributed by atoms with Crippen LogP contribution in [0.1, 0.15) is 29.8 Å². The van der Waals surface area contributed by atoms with Crippen LogP contribution in [0.25, 0.3) is 5.69 Å². The molecule has 1 aliphatic rings. The van der Waals surface area contributed by atoms with Crippen molar-refractivity contribution < 1.29 is 4.79 Å². The third-order valence-electron chi connectivity index (χ3n) is 6.50. The minimum absolute atomic E-state index is 0.0356. The van der Waals surface area contributed by atoms with E-state index in [0.717, 1.165) is 61.8 Å². The smallest absolute Gasteiger partial charge is 0.238 e. The minimum atomic E-state index is 0.0356. The van der Waals surface area contributed by atoms with Crippen LogP contribution in [0.15, 0.2) is 60.7 Å². The second kappa shape index (κ2) is 10.8. The molecule has 2 aromatic carbocycles. The molecule has 174 valence electrons. The number of anilines is 1. The van der Waals surface area contributed by atoms with E-state index in [4.69, 9.17) is 0 Å². The molecule has 4 rings (SSSR count). The summed E-state index contributed by atoms with van der Waals surface area (Å²) in [6.07, 6.45) is 2.27. The molecule has 1 saturated heterocycles. The van der Waals surface area contributed by atoms with E-state index in [0.29, 0.717) is 12.5 Å². The van der Waals surface area contributed by atoms with Crippen LogP contribution in [0.2, 0.25) is 0 Å². The van der Waals surface area contributed by atoms with Gasteiger partial charge >= 0.3 is 0 Å². The van der Waals surface area contributed by atoms with Crippen molar-refractivity contribution in [1.29, 1.82) is 0 Å². The summed E-state index contributed by atoms with van der Waals surface area (Å²) in [7, 11) is 2.20.